The van der Waals surface area contributed by atoms with E-state index in [1.807, 2.05) is 60.7 Å². The van der Waals surface area contributed by atoms with Gasteiger partial charge in [-0.2, -0.15) is 0 Å². The van der Waals surface area contributed by atoms with Gasteiger partial charge in [0.05, 0.1) is 37.7 Å². The SMILES string of the molecule is COc1ccc(NC(=O)C2N([C@H](CO)c3ccccc3)C(=O)[C@@H]3[C@@H](C(=O)NCc4ccccc4)[C@H]4CCC23O4)cc1. The van der Waals surface area contributed by atoms with Gasteiger partial charge in [-0.15, -0.1) is 0 Å². The van der Waals surface area contributed by atoms with Crippen molar-refractivity contribution in [2.75, 3.05) is 19.0 Å². The van der Waals surface area contributed by atoms with Crippen molar-refractivity contribution >= 4 is 23.4 Å². The van der Waals surface area contributed by atoms with Gasteiger partial charge in [-0.1, -0.05) is 60.7 Å². The smallest absolute Gasteiger partial charge is 0.250 e. The molecule has 0 radical (unpaired) electrons. The molecule has 9 nitrogen and oxygen atoms in total. The van der Waals surface area contributed by atoms with Crippen molar-refractivity contribution in [3.05, 3.63) is 96.1 Å². The molecule has 0 aromatic heterocycles. The summed E-state index contributed by atoms with van der Waals surface area (Å²) < 4.78 is 11.7. The Bertz CT molecular complexity index is 1420. The van der Waals surface area contributed by atoms with Gasteiger partial charge in [-0.25, -0.2) is 0 Å². The van der Waals surface area contributed by atoms with E-state index in [-0.39, 0.29) is 18.4 Å². The zero-order valence-corrected chi connectivity index (χ0v) is 22.7. The summed E-state index contributed by atoms with van der Waals surface area (Å²) in [7, 11) is 1.56. The van der Waals surface area contributed by atoms with Gasteiger partial charge in [0.2, 0.25) is 17.7 Å². The summed E-state index contributed by atoms with van der Waals surface area (Å²) in [5, 5.41) is 16.5. The van der Waals surface area contributed by atoms with Gasteiger partial charge < -0.3 is 30.1 Å². The van der Waals surface area contributed by atoms with Crippen molar-refractivity contribution < 1.29 is 29.0 Å². The number of ether oxygens (including phenoxy) is 2. The van der Waals surface area contributed by atoms with Crippen LogP contribution in [0.5, 0.6) is 5.75 Å². The first kappa shape index (κ1) is 27.0. The van der Waals surface area contributed by atoms with Gasteiger partial charge in [-0.05, 0) is 48.2 Å². The van der Waals surface area contributed by atoms with E-state index in [4.69, 9.17) is 9.47 Å². The van der Waals surface area contributed by atoms with Crippen LogP contribution in [0.3, 0.4) is 0 Å². The van der Waals surface area contributed by atoms with Gasteiger partial charge in [-0.3, -0.25) is 14.4 Å². The van der Waals surface area contributed by atoms with E-state index in [9.17, 15) is 19.5 Å². The standard InChI is InChI=1S/C32H33N3O6/c1-40-23-14-12-22(13-15-23)34-30(38)28-32-17-16-25(41-32)26(29(37)33-18-20-8-4-2-5-9-20)27(32)31(39)35(28)24(19-36)21-10-6-3-7-11-21/h2-15,24-28,36H,16-19H2,1H3,(H,33,37)(H,34,38)/t24-,25-,26+,27+,28?,32?/m1/s1. The second kappa shape index (κ2) is 11.0. The molecule has 0 saturated carbocycles. The summed E-state index contributed by atoms with van der Waals surface area (Å²) in [6, 6.07) is 23.8. The molecule has 0 aliphatic carbocycles. The predicted molar refractivity (Wildman–Crippen MR) is 151 cm³/mol. The van der Waals surface area contributed by atoms with Crippen LogP contribution in [-0.4, -0.2) is 59.2 Å². The largest absolute Gasteiger partial charge is 0.497 e. The molecular weight excluding hydrogens is 522 g/mol. The summed E-state index contributed by atoms with van der Waals surface area (Å²) in [6.45, 7) is -0.0651. The van der Waals surface area contributed by atoms with Crippen molar-refractivity contribution in [2.24, 2.45) is 11.8 Å². The lowest BCUT2D eigenvalue weighted by molar-refractivity contribution is -0.144. The molecule has 1 spiro atoms. The van der Waals surface area contributed by atoms with Crippen LogP contribution >= 0.6 is 0 Å². The number of rotatable bonds is 9. The molecule has 3 amide bonds. The van der Waals surface area contributed by atoms with E-state index < -0.39 is 41.5 Å². The molecule has 6 atom stereocenters. The number of likely N-dealkylation sites (tertiary alicyclic amines) is 1. The summed E-state index contributed by atoms with van der Waals surface area (Å²) >= 11 is 0. The van der Waals surface area contributed by atoms with E-state index >= 15 is 0 Å². The first-order valence-electron chi connectivity index (χ1n) is 13.9. The zero-order valence-electron chi connectivity index (χ0n) is 22.7. The second-order valence-corrected chi connectivity index (χ2v) is 10.8. The number of carbonyl (C=O) groups excluding carboxylic acids is 3. The maximum absolute atomic E-state index is 14.3. The Morgan fingerprint density at radius 1 is 1.02 bits per heavy atom. The van der Waals surface area contributed by atoms with Crippen LogP contribution in [0.25, 0.3) is 0 Å². The van der Waals surface area contributed by atoms with E-state index in [0.29, 0.717) is 36.4 Å². The molecule has 2 bridgehead atoms. The highest BCUT2D eigenvalue weighted by molar-refractivity contribution is 6.03. The number of amides is 3. The predicted octanol–water partition coefficient (Wildman–Crippen LogP) is 3.06. The highest BCUT2D eigenvalue weighted by Crippen LogP contribution is 2.59. The third-order valence-corrected chi connectivity index (χ3v) is 8.65. The zero-order chi connectivity index (χ0) is 28.6. The molecule has 3 aliphatic heterocycles. The van der Waals surface area contributed by atoms with E-state index in [2.05, 4.69) is 10.6 Å². The lowest BCUT2D eigenvalue weighted by Gasteiger charge is -2.36. The van der Waals surface area contributed by atoms with Gasteiger partial charge in [0.1, 0.15) is 17.4 Å². The summed E-state index contributed by atoms with van der Waals surface area (Å²) in [5.74, 6) is -1.99. The van der Waals surface area contributed by atoms with E-state index in [1.165, 1.54) is 4.90 Å². The number of fused-ring (bicyclic) bond motifs is 1. The minimum Gasteiger partial charge on any atom is -0.497 e. The number of benzene rings is 3. The van der Waals surface area contributed by atoms with Crippen LogP contribution in [0, 0.1) is 11.8 Å². The number of anilines is 1. The number of nitrogens with one attached hydrogen (secondary N) is 2. The second-order valence-electron chi connectivity index (χ2n) is 10.8. The number of methoxy groups -OCH3 is 1. The quantitative estimate of drug-likeness (QED) is 0.374. The molecule has 3 aliphatic rings. The lowest BCUT2D eigenvalue weighted by atomic mass is 9.70. The van der Waals surface area contributed by atoms with Crippen molar-refractivity contribution in [1.82, 2.24) is 10.2 Å². The Hall–Kier alpha value is -4.21. The lowest BCUT2D eigenvalue weighted by Crippen LogP contribution is -2.54. The maximum atomic E-state index is 14.3. The molecule has 2 unspecified atom stereocenters. The molecular formula is C32H33N3O6. The Kier molecular flexibility index (Phi) is 7.23. The number of nitrogens with zero attached hydrogens (tertiary/aromatic N) is 1. The van der Waals surface area contributed by atoms with Gasteiger partial charge in [0, 0.05) is 12.2 Å². The van der Waals surface area contributed by atoms with Crippen molar-refractivity contribution in [1.29, 1.82) is 0 Å². The molecule has 3 aromatic rings. The van der Waals surface area contributed by atoms with E-state index in [1.54, 1.807) is 31.4 Å². The Labute approximate surface area is 238 Å². The highest BCUT2D eigenvalue weighted by atomic mass is 16.5. The summed E-state index contributed by atoms with van der Waals surface area (Å²) in [6.07, 6.45) is 0.547. The van der Waals surface area contributed by atoms with Crippen molar-refractivity contribution in [3.8, 4) is 5.75 Å². The van der Waals surface area contributed by atoms with E-state index in [0.717, 1.165) is 5.56 Å². The average molecular weight is 556 g/mol. The first-order chi connectivity index (χ1) is 20.0. The number of hydrogen-bond donors (Lipinski definition) is 3. The average Bonchev–Trinajstić information content (AvgIpc) is 3.65. The van der Waals surface area contributed by atoms with Crippen LogP contribution in [0.1, 0.15) is 30.0 Å². The number of aliphatic hydroxyl groups is 1. The minimum absolute atomic E-state index is 0.268. The molecule has 3 heterocycles. The molecule has 41 heavy (non-hydrogen) atoms. The fourth-order valence-electron chi connectivity index (χ4n) is 6.84. The third kappa shape index (κ3) is 4.65. The van der Waals surface area contributed by atoms with Crippen LogP contribution in [0.4, 0.5) is 5.69 Å². The molecule has 9 heteroatoms. The molecule has 6 rings (SSSR count). The Morgan fingerprint density at radius 3 is 2.37 bits per heavy atom. The molecule has 3 N–H and O–H groups in total. The highest BCUT2D eigenvalue weighted by Gasteiger charge is 2.75. The van der Waals surface area contributed by atoms with Crippen molar-refractivity contribution in [3.63, 3.8) is 0 Å². The number of hydrogen-bond acceptors (Lipinski definition) is 6. The van der Waals surface area contributed by atoms with Crippen molar-refractivity contribution in [2.45, 2.75) is 43.2 Å². The number of carbonyl (C=O) groups is 3. The topological polar surface area (TPSA) is 117 Å². The number of aliphatic hydroxyl groups excluding tert-OH is 1. The molecule has 212 valence electrons. The van der Waals surface area contributed by atoms with Crippen LogP contribution < -0.4 is 15.4 Å². The fraction of sp³-hybridized carbons (Fsp3) is 0.344. The van der Waals surface area contributed by atoms with Gasteiger partial charge >= 0.3 is 0 Å². The Balaban J connectivity index is 1.35. The van der Waals surface area contributed by atoms with Crippen LogP contribution in [-0.2, 0) is 25.7 Å². The normalized spacial score (nSPS) is 26.9. The summed E-state index contributed by atoms with van der Waals surface area (Å²) in [5.41, 5.74) is 0.990. The monoisotopic (exact) mass is 555 g/mol. The molecule has 3 aromatic carbocycles. The van der Waals surface area contributed by atoms with Crippen LogP contribution in [0.15, 0.2) is 84.9 Å². The summed E-state index contributed by atoms with van der Waals surface area (Å²) in [4.78, 5) is 43.5. The fourth-order valence-corrected chi connectivity index (χ4v) is 6.84. The van der Waals surface area contributed by atoms with Gasteiger partial charge in [0.15, 0.2) is 0 Å². The van der Waals surface area contributed by atoms with Gasteiger partial charge in [0.25, 0.3) is 0 Å². The molecule has 3 saturated heterocycles. The minimum atomic E-state index is -1.19. The maximum Gasteiger partial charge on any atom is 0.250 e. The third-order valence-electron chi connectivity index (χ3n) is 8.65. The molecule has 3 fully saturated rings. The van der Waals surface area contributed by atoms with Crippen LogP contribution in [0.2, 0.25) is 0 Å². The Morgan fingerprint density at radius 2 is 1.71 bits per heavy atom. The first-order valence-corrected chi connectivity index (χ1v) is 13.9.